The van der Waals surface area contributed by atoms with E-state index in [0.29, 0.717) is 12.3 Å². The number of fused-ring (bicyclic) bond motifs is 1. The standard InChI is InChI=1S/C11H18O4/c1-10-6-8(10)4-7(5-9(10)12)11(2,14-3)15-13/h7-8,13H,4-6H2,1-3H3. The number of ether oxygens (including phenoxy) is 1. The number of hydrogen-bond acceptors (Lipinski definition) is 4. The molecule has 2 aliphatic carbocycles. The van der Waals surface area contributed by atoms with Crippen LogP contribution in [0.1, 0.15) is 33.1 Å². The summed E-state index contributed by atoms with van der Waals surface area (Å²) in [5, 5.41) is 8.85. The van der Waals surface area contributed by atoms with Gasteiger partial charge in [0.2, 0.25) is 5.79 Å². The Balaban J connectivity index is 2.11. The molecule has 4 nitrogen and oxygen atoms in total. The predicted octanol–water partition coefficient (Wildman–Crippen LogP) is 1.84. The molecule has 2 saturated carbocycles. The molecule has 0 amide bonds. The Labute approximate surface area is 89.5 Å². The summed E-state index contributed by atoms with van der Waals surface area (Å²) >= 11 is 0. The van der Waals surface area contributed by atoms with Crippen molar-refractivity contribution in [2.45, 2.75) is 38.9 Å². The third-order valence-corrected chi connectivity index (χ3v) is 4.38. The van der Waals surface area contributed by atoms with Crippen LogP contribution < -0.4 is 0 Å². The van der Waals surface area contributed by atoms with Gasteiger partial charge in [-0.1, -0.05) is 6.92 Å². The Morgan fingerprint density at radius 1 is 1.60 bits per heavy atom. The van der Waals surface area contributed by atoms with Gasteiger partial charge in [-0.3, -0.25) is 4.79 Å². The number of carbonyl (C=O) groups excluding carboxylic acids is 1. The van der Waals surface area contributed by atoms with Crippen LogP contribution in [0.2, 0.25) is 0 Å². The van der Waals surface area contributed by atoms with E-state index in [0.717, 1.165) is 12.8 Å². The summed E-state index contributed by atoms with van der Waals surface area (Å²) in [5.74, 6) is -0.349. The first kappa shape index (κ1) is 11.0. The first-order chi connectivity index (χ1) is 6.96. The van der Waals surface area contributed by atoms with Gasteiger partial charge in [0.1, 0.15) is 5.78 Å². The lowest BCUT2D eigenvalue weighted by Gasteiger charge is -2.36. The molecule has 4 atom stereocenters. The molecule has 0 saturated heterocycles. The van der Waals surface area contributed by atoms with E-state index in [1.807, 2.05) is 6.92 Å². The van der Waals surface area contributed by atoms with E-state index < -0.39 is 5.79 Å². The Bertz CT molecular complexity index is 284. The Kier molecular flexibility index (Phi) is 2.41. The molecule has 0 aromatic carbocycles. The summed E-state index contributed by atoms with van der Waals surface area (Å²) in [6, 6.07) is 0. The van der Waals surface area contributed by atoms with E-state index in [1.54, 1.807) is 6.92 Å². The highest BCUT2D eigenvalue weighted by molar-refractivity contribution is 5.88. The van der Waals surface area contributed by atoms with Crippen LogP contribution in [-0.4, -0.2) is 23.9 Å². The largest absolute Gasteiger partial charge is 0.351 e. The lowest BCUT2D eigenvalue weighted by Crippen LogP contribution is -2.43. The van der Waals surface area contributed by atoms with Crippen molar-refractivity contribution in [3.63, 3.8) is 0 Å². The molecule has 0 heterocycles. The topological polar surface area (TPSA) is 55.8 Å². The van der Waals surface area contributed by atoms with Gasteiger partial charge in [0.15, 0.2) is 0 Å². The van der Waals surface area contributed by atoms with Crippen molar-refractivity contribution in [3.8, 4) is 0 Å². The molecule has 2 rings (SSSR count). The third-order valence-electron chi connectivity index (χ3n) is 4.38. The van der Waals surface area contributed by atoms with E-state index in [1.165, 1.54) is 7.11 Å². The molecule has 86 valence electrons. The van der Waals surface area contributed by atoms with Gasteiger partial charge >= 0.3 is 0 Å². The minimum absolute atomic E-state index is 0.0411. The fourth-order valence-electron chi connectivity index (χ4n) is 2.70. The lowest BCUT2D eigenvalue weighted by atomic mass is 9.78. The van der Waals surface area contributed by atoms with Crippen LogP contribution in [0.5, 0.6) is 0 Å². The summed E-state index contributed by atoms with van der Waals surface area (Å²) in [6.07, 6.45) is 2.32. The average molecular weight is 214 g/mol. The zero-order valence-electron chi connectivity index (χ0n) is 9.45. The molecule has 1 N–H and O–H groups in total. The van der Waals surface area contributed by atoms with Crippen LogP contribution in [-0.2, 0) is 14.4 Å². The second-order valence-corrected chi connectivity index (χ2v) is 5.19. The molecule has 0 aromatic rings. The second kappa shape index (κ2) is 3.27. The molecular formula is C11H18O4. The molecule has 0 spiro atoms. The van der Waals surface area contributed by atoms with Gasteiger partial charge in [-0.25, -0.2) is 10.1 Å². The van der Waals surface area contributed by atoms with Crippen LogP contribution in [0.4, 0.5) is 0 Å². The first-order valence-corrected chi connectivity index (χ1v) is 5.37. The maximum absolute atomic E-state index is 11.9. The van der Waals surface area contributed by atoms with Gasteiger partial charge < -0.3 is 4.74 Å². The number of carbonyl (C=O) groups is 1. The van der Waals surface area contributed by atoms with Gasteiger partial charge in [0, 0.05) is 24.9 Å². The van der Waals surface area contributed by atoms with E-state index in [-0.39, 0.29) is 17.1 Å². The smallest absolute Gasteiger partial charge is 0.201 e. The van der Waals surface area contributed by atoms with Crippen molar-refractivity contribution in [2.24, 2.45) is 17.3 Å². The normalized spacial score (nSPS) is 43.3. The molecule has 15 heavy (non-hydrogen) atoms. The molecule has 4 heteroatoms. The third kappa shape index (κ3) is 1.51. The maximum atomic E-state index is 11.9. The average Bonchev–Trinajstić information content (AvgIpc) is 2.90. The quantitative estimate of drug-likeness (QED) is 0.442. The lowest BCUT2D eigenvalue weighted by molar-refractivity contribution is -0.409. The Hall–Kier alpha value is -0.450. The van der Waals surface area contributed by atoms with Crippen molar-refractivity contribution in [3.05, 3.63) is 0 Å². The zero-order valence-corrected chi connectivity index (χ0v) is 9.45. The van der Waals surface area contributed by atoms with Crippen LogP contribution in [0.3, 0.4) is 0 Å². The van der Waals surface area contributed by atoms with Gasteiger partial charge in [-0.15, -0.1) is 0 Å². The van der Waals surface area contributed by atoms with Crippen molar-refractivity contribution in [2.75, 3.05) is 7.11 Å². The van der Waals surface area contributed by atoms with E-state index >= 15 is 0 Å². The Morgan fingerprint density at radius 2 is 2.27 bits per heavy atom. The van der Waals surface area contributed by atoms with Crippen LogP contribution in [0.15, 0.2) is 0 Å². The Morgan fingerprint density at radius 3 is 2.73 bits per heavy atom. The van der Waals surface area contributed by atoms with Gasteiger partial charge in [0.05, 0.1) is 0 Å². The van der Waals surface area contributed by atoms with Crippen LogP contribution >= 0.6 is 0 Å². The van der Waals surface area contributed by atoms with Gasteiger partial charge in [-0.05, 0) is 25.7 Å². The second-order valence-electron chi connectivity index (χ2n) is 5.19. The molecule has 2 aliphatic rings. The van der Waals surface area contributed by atoms with Gasteiger partial charge in [-0.2, -0.15) is 0 Å². The number of methoxy groups -OCH3 is 1. The SMILES string of the molecule is COC(C)(OO)C1CC(=O)C2(C)CC2C1. The molecule has 4 unspecified atom stereocenters. The predicted molar refractivity (Wildman–Crippen MR) is 53.1 cm³/mol. The molecule has 0 aliphatic heterocycles. The number of ketones is 1. The van der Waals surface area contributed by atoms with Crippen molar-refractivity contribution >= 4 is 5.78 Å². The monoisotopic (exact) mass is 214 g/mol. The molecule has 0 aromatic heterocycles. The molecular weight excluding hydrogens is 196 g/mol. The molecule has 0 bridgehead atoms. The number of rotatable bonds is 3. The highest BCUT2D eigenvalue weighted by atomic mass is 17.1. The summed E-state index contributed by atoms with van der Waals surface area (Å²) < 4.78 is 5.15. The summed E-state index contributed by atoms with van der Waals surface area (Å²) in [4.78, 5) is 16.3. The van der Waals surface area contributed by atoms with Gasteiger partial charge in [0.25, 0.3) is 0 Å². The zero-order chi connectivity index (χ0) is 11.3. The van der Waals surface area contributed by atoms with Crippen molar-refractivity contribution < 1.29 is 19.7 Å². The van der Waals surface area contributed by atoms with Crippen molar-refractivity contribution in [1.82, 2.24) is 0 Å². The minimum atomic E-state index is -1.04. The first-order valence-electron chi connectivity index (χ1n) is 5.37. The number of hydrogen-bond donors (Lipinski definition) is 1. The number of Topliss-reactive ketones (excluding diaryl/α,β-unsaturated/α-hetero) is 1. The molecule has 2 fully saturated rings. The highest BCUT2D eigenvalue weighted by Gasteiger charge is 2.61. The van der Waals surface area contributed by atoms with Crippen molar-refractivity contribution in [1.29, 1.82) is 0 Å². The van der Waals surface area contributed by atoms with E-state index in [9.17, 15) is 4.79 Å². The fraction of sp³-hybridized carbons (Fsp3) is 0.909. The highest BCUT2D eigenvalue weighted by Crippen LogP contribution is 2.61. The summed E-state index contributed by atoms with van der Waals surface area (Å²) in [5.41, 5.74) is -0.0827. The van der Waals surface area contributed by atoms with Crippen LogP contribution in [0, 0.1) is 17.3 Å². The fourth-order valence-corrected chi connectivity index (χ4v) is 2.70. The molecule has 0 radical (unpaired) electrons. The maximum Gasteiger partial charge on any atom is 0.201 e. The van der Waals surface area contributed by atoms with E-state index in [4.69, 9.17) is 9.99 Å². The van der Waals surface area contributed by atoms with E-state index in [2.05, 4.69) is 4.89 Å². The summed E-state index contributed by atoms with van der Waals surface area (Å²) in [7, 11) is 1.49. The minimum Gasteiger partial charge on any atom is -0.351 e. The van der Waals surface area contributed by atoms with Crippen LogP contribution in [0.25, 0.3) is 0 Å². The summed E-state index contributed by atoms with van der Waals surface area (Å²) in [6.45, 7) is 3.70.